The molecule has 6 nitrogen and oxygen atoms in total. The Kier molecular flexibility index (Phi) is 5.46. The first-order valence-corrected chi connectivity index (χ1v) is 7.72. The molecule has 0 bridgehead atoms. The molecule has 0 saturated heterocycles. The van der Waals surface area contributed by atoms with E-state index < -0.39 is 6.09 Å². The number of ether oxygens (including phenoxy) is 2. The van der Waals surface area contributed by atoms with Crippen LogP contribution in [0.1, 0.15) is 13.3 Å². The van der Waals surface area contributed by atoms with E-state index >= 15 is 0 Å². The fraction of sp³-hybridized carbons (Fsp3) is 0.429. The number of carbonyl (C=O) groups is 1. The molecule has 0 aliphatic carbocycles. The number of fused-ring (bicyclic) bond motifs is 1. The van der Waals surface area contributed by atoms with Crippen LogP contribution in [-0.4, -0.2) is 41.7 Å². The molecule has 2 N–H and O–H groups in total. The fourth-order valence-electron chi connectivity index (χ4n) is 1.86. The van der Waals surface area contributed by atoms with Gasteiger partial charge in [0, 0.05) is 12.0 Å². The topological polar surface area (TPSA) is 79.4 Å². The predicted octanol–water partition coefficient (Wildman–Crippen LogP) is 2.75. The van der Waals surface area contributed by atoms with Crippen LogP contribution in [0.2, 0.25) is 0 Å². The molecule has 2 rings (SSSR count). The highest BCUT2D eigenvalue weighted by Crippen LogP contribution is 2.25. The number of nitrogen functional groups attached to an aromatic ring is 1. The molecule has 7 heteroatoms. The van der Waals surface area contributed by atoms with Gasteiger partial charge in [-0.1, -0.05) is 6.92 Å². The first kappa shape index (κ1) is 15.7. The molecule has 0 aliphatic rings. The number of imidazole rings is 1. The van der Waals surface area contributed by atoms with Crippen LogP contribution in [0.3, 0.4) is 0 Å². The second-order valence-corrected chi connectivity index (χ2v) is 5.58. The highest BCUT2D eigenvalue weighted by atomic mass is 32.2. The van der Waals surface area contributed by atoms with Gasteiger partial charge < -0.3 is 15.2 Å². The Morgan fingerprint density at radius 1 is 1.43 bits per heavy atom. The zero-order chi connectivity index (χ0) is 15.2. The zero-order valence-corrected chi connectivity index (χ0v) is 13.0. The van der Waals surface area contributed by atoms with Crippen molar-refractivity contribution in [3.05, 3.63) is 18.2 Å². The second-order valence-electron chi connectivity index (χ2n) is 4.41. The van der Waals surface area contributed by atoms with Crippen LogP contribution < -0.4 is 5.73 Å². The van der Waals surface area contributed by atoms with Crippen LogP contribution in [-0.2, 0) is 9.47 Å². The van der Waals surface area contributed by atoms with Gasteiger partial charge >= 0.3 is 6.09 Å². The molecule has 0 fully saturated rings. The number of nitrogens with zero attached hydrogens (tertiary/aromatic N) is 2. The Balaban J connectivity index is 2.24. The first-order chi connectivity index (χ1) is 10.2. The lowest BCUT2D eigenvalue weighted by Crippen LogP contribution is -2.18. The standard InChI is InChI=1S/C14H19N3O3S/c1-3-8-21-10-4-5-12-11(9-10)16-13(15)17(12)14(18)20-7-6-19-2/h4-5,9H,3,6-8H2,1-2H3,(H2,15,16). The van der Waals surface area contributed by atoms with Gasteiger partial charge in [-0.05, 0) is 30.4 Å². The number of methoxy groups -OCH3 is 1. The lowest BCUT2D eigenvalue weighted by atomic mass is 10.3. The van der Waals surface area contributed by atoms with Crippen molar-refractivity contribution in [2.45, 2.75) is 18.2 Å². The molecule has 0 aliphatic heterocycles. The third-order valence-corrected chi connectivity index (χ3v) is 4.02. The van der Waals surface area contributed by atoms with E-state index in [1.54, 1.807) is 18.9 Å². The maximum Gasteiger partial charge on any atom is 0.421 e. The van der Waals surface area contributed by atoms with Gasteiger partial charge in [-0.3, -0.25) is 0 Å². The molecule has 1 aromatic carbocycles. The highest BCUT2D eigenvalue weighted by molar-refractivity contribution is 7.99. The number of nitrogens with two attached hydrogens (primary N) is 1. The third-order valence-electron chi connectivity index (χ3n) is 2.82. The van der Waals surface area contributed by atoms with E-state index in [2.05, 4.69) is 11.9 Å². The summed E-state index contributed by atoms with van der Waals surface area (Å²) in [6.07, 6.45) is 0.562. The summed E-state index contributed by atoms with van der Waals surface area (Å²) in [7, 11) is 1.55. The van der Waals surface area contributed by atoms with Crippen molar-refractivity contribution in [3.63, 3.8) is 0 Å². The monoisotopic (exact) mass is 309 g/mol. The van der Waals surface area contributed by atoms with Gasteiger partial charge in [-0.15, -0.1) is 11.8 Å². The van der Waals surface area contributed by atoms with Gasteiger partial charge in [-0.25, -0.2) is 14.3 Å². The smallest absolute Gasteiger partial charge is 0.421 e. The quantitative estimate of drug-likeness (QED) is 0.653. The Morgan fingerprint density at radius 2 is 2.24 bits per heavy atom. The molecule has 114 valence electrons. The van der Waals surface area contributed by atoms with Crippen molar-refractivity contribution in [3.8, 4) is 0 Å². The minimum absolute atomic E-state index is 0.130. The minimum atomic E-state index is -0.541. The molecular weight excluding hydrogens is 290 g/mol. The van der Waals surface area contributed by atoms with Crippen molar-refractivity contribution < 1.29 is 14.3 Å². The van der Waals surface area contributed by atoms with E-state index in [-0.39, 0.29) is 12.6 Å². The molecule has 21 heavy (non-hydrogen) atoms. The molecule has 0 spiro atoms. The second kappa shape index (κ2) is 7.33. The van der Waals surface area contributed by atoms with E-state index in [1.807, 2.05) is 18.2 Å². The summed E-state index contributed by atoms with van der Waals surface area (Å²) in [5.41, 5.74) is 7.16. The lowest BCUT2D eigenvalue weighted by Gasteiger charge is -2.06. The molecule has 0 unspecified atom stereocenters. The lowest BCUT2D eigenvalue weighted by molar-refractivity contribution is 0.100. The van der Waals surface area contributed by atoms with E-state index in [1.165, 1.54) is 4.57 Å². The van der Waals surface area contributed by atoms with Crippen LogP contribution in [0.15, 0.2) is 23.1 Å². The third kappa shape index (κ3) is 3.68. The van der Waals surface area contributed by atoms with E-state index in [9.17, 15) is 4.79 Å². The summed E-state index contributed by atoms with van der Waals surface area (Å²) in [5, 5.41) is 0. The maximum absolute atomic E-state index is 12.0. The number of anilines is 1. The van der Waals surface area contributed by atoms with Crippen LogP contribution in [0.5, 0.6) is 0 Å². The molecular formula is C14H19N3O3S. The number of hydrogen-bond acceptors (Lipinski definition) is 6. The Hall–Kier alpha value is -1.73. The summed E-state index contributed by atoms with van der Waals surface area (Å²) in [5.74, 6) is 1.17. The number of hydrogen-bond donors (Lipinski definition) is 1. The summed E-state index contributed by atoms with van der Waals surface area (Å²) < 4.78 is 11.2. The van der Waals surface area contributed by atoms with Crippen LogP contribution >= 0.6 is 11.8 Å². The summed E-state index contributed by atoms with van der Waals surface area (Å²) in [6, 6.07) is 5.74. The molecule has 0 amide bonds. The van der Waals surface area contributed by atoms with Gasteiger partial charge in [0.25, 0.3) is 0 Å². The van der Waals surface area contributed by atoms with Gasteiger partial charge in [0.15, 0.2) is 0 Å². The number of aromatic nitrogens is 2. The fourth-order valence-corrected chi connectivity index (χ4v) is 2.66. The van der Waals surface area contributed by atoms with Crippen molar-refractivity contribution >= 4 is 34.8 Å². The number of benzene rings is 1. The van der Waals surface area contributed by atoms with Crippen LogP contribution in [0, 0.1) is 0 Å². The van der Waals surface area contributed by atoms with E-state index in [0.717, 1.165) is 17.1 Å². The average molecular weight is 309 g/mol. The summed E-state index contributed by atoms with van der Waals surface area (Å²) >= 11 is 1.75. The average Bonchev–Trinajstić information content (AvgIpc) is 2.80. The zero-order valence-electron chi connectivity index (χ0n) is 12.2. The highest BCUT2D eigenvalue weighted by Gasteiger charge is 2.16. The van der Waals surface area contributed by atoms with E-state index in [4.69, 9.17) is 15.2 Å². The number of rotatable bonds is 6. The SMILES string of the molecule is CCCSc1ccc2c(c1)nc(N)n2C(=O)OCCOC. The van der Waals surface area contributed by atoms with E-state index in [0.29, 0.717) is 17.6 Å². The number of thioether (sulfide) groups is 1. The summed E-state index contributed by atoms with van der Waals surface area (Å²) in [6.45, 7) is 2.66. The minimum Gasteiger partial charge on any atom is -0.446 e. The van der Waals surface area contributed by atoms with Gasteiger partial charge in [0.2, 0.25) is 5.95 Å². The number of carbonyl (C=O) groups excluding carboxylic acids is 1. The summed E-state index contributed by atoms with van der Waals surface area (Å²) in [4.78, 5) is 17.4. The first-order valence-electron chi connectivity index (χ1n) is 6.74. The van der Waals surface area contributed by atoms with Crippen molar-refractivity contribution in [2.75, 3.05) is 31.8 Å². The Morgan fingerprint density at radius 3 is 2.95 bits per heavy atom. The van der Waals surface area contributed by atoms with Crippen molar-refractivity contribution in [1.29, 1.82) is 0 Å². The Labute approximate surface area is 127 Å². The van der Waals surface area contributed by atoms with Gasteiger partial charge in [0.1, 0.15) is 6.61 Å². The molecule has 1 heterocycles. The molecule has 0 radical (unpaired) electrons. The molecule has 2 aromatic rings. The van der Waals surface area contributed by atoms with Crippen molar-refractivity contribution in [2.24, 2.45) is 0 Å². The van der Waals surface area contributed by atoms with Crippen LogP contribution in [0.4, 0.5) is 10.7 Å². The largest absolute Gasteiger partial charge is 0.446 e. The Bertz CT molecular complexity index is 627. The van der Waals surface area contributed by atoms with Crippen molar-refractivity contribution in [1.82, 2.24) is 9.55 Å². The molecule has 0 atom stereocenters. The van der Waals surface area contributed by atoms with Gasteiger partial charge in [-0.2, -0.15) is 0 Å². The predicted molar refractivity (Wildman–Crippen MR) is 83.8 cm³/mol. The normalized spacial score (nSPS) is 11.0. The molecule has 0 saturated carbocycles. The van der Waals surface area contributed by atoms with Gasteiger partial charge in [0.05, 0.1) is 17.6 Å². The molecule has 1 aromatic heterocycles. The van der Waals surface area contributed by atoms with Crippen LogP contribution in [0.25, 0.3) is 11.0 Å². The maximum atomic E-state index is 12.0.